The molecular weight excluding hydrogens is 572 g/mol. The Labute approximate surface area is 247 Å². The summed E-state index contributed by atoms with van der Waals surface area (Å²) in [7, 11) is -4.71. The van der Waals surface area contributed by atoms with Crippen molar-refractivity contribution in [3.8, 4) is 11.3 Å². The molecular formula is C32H26N2O8S. The molecule has 0 spiro atoms. The molecule has 0 aliphatic rings. The van der Waals surface area contributed by atoms with Gasteiger partial charge in [0, 0.05) is 28.1 Å². The second kappa shape index (κ2) is 11.5. The molecule has 0 N–H and O–H groups in total. The van der Waals surface area contributed by atoms with Crippen LogP contribution >= 0.6 is 0 Å². The van der Waals surface area contributed by atoms with Gasteiger partial charge in [0.2, 0.25) is 0 Å². The summed E-state index contributed by atoms with van der Waals surface area (Å²) in [5, 5.41) is 11.8. The highest BCUT2D eigenvalue weighted by Crippen LogP contribution is 2.38. The van der Waals surface area contributed by atoms with E-state index in [9.17, 15) is 28.1 Å². The predicted octanol–water partition coefficient (Wildman–Crippen LogP) is 6.84. The number of rotatable bonds is 8. The van der Waals surface area contributed by atoms with Gasteiger partial charge in [0.1, 0.15) is 16.9 Å². The van der Waals surface area contributed by atoms with Crippen molar-refractivity contribution in [2.75, 3.05) is 10.9 Å². The average Bonchev–Trinajstić information content (AvgIpc) is 3.37. The van der Waals surface area contributed by atoms with Crippen molar-refractivity contribution in [1.82, 2.24) is 0 Å². The number of amides is 1. The maximum Gasteiger partial charge on any atom is 0.342 e. The van der Waals surface area contributed by atoms with Gasteiger partial charge in [-0.25, -0.2) is 13.2 Å². The first-order chi connectivity index (χ1) is 20.5. The van der Waals surface area contributed by atoms with Crippen LogP contribution in [0.25, 0.3) is 22.3 Å². The Hall–Kier alpha value is -5.29. The Morgan fingerprint density at radius 3 is 2.28 bits per heavy atom. The largest absolute Gasteiger partial charge is 0.462 e. The van der Waals surface area contributed by atoms with E-state index in [1.165, 1.54) is 49.4 Å². The zero-order valence-corrected chi connectivity index (χ0v) is 24.3. The Morgan fingerprint density at radius 1 is 0.930 bits per heavy atom. The fourth-order valence-corrected chi connectivity index (χ4v) is 6.07. The lowest BCUT2D eigenvalue weighted by Crippen LogP contribution is -2.37. The van der Waals surface area contributed by atoms with E-state index in [1.807, 2.05) is 13.0 Å². The molecule has 0 aliphatic heterocycles. The van der Waals surface area contributed by atoms with E-state index in [0.717, 1.165) is 11.6 Å². The van der Waals surface area contributed by atoms with E-state index >= 15 is 0 Å². The quantitative estimate of drug-likeness (QED) is 0.108. The standard InChI is InChI=1S/C32H26N2O8S/c1-4-41-32(36)29-26-18-24(15-17-28(26)42-30(29)22-8-6-5-7-9-22)33(31(35)23-13-10-20(2)11-14-23)43(39,40)25-16-12-21(3)27(19-25)34(37)38/h5-19H,4H2,1-3H3. The summed E-state index contributed by atoms with van der Waals surface area (Å²) in [5.74, 6) is -1.36. The van der Waals surface area contributed by atoms with Gasteiger partial charge in [0.05, 0.1) is 22.1 Å². The second-order valence-corrected chi connectivity index (χ2v) is 11.5. The predicted molar refractivity (Wildman–Crippen MR) is 161 cm³/mol. The monoisotopic (exact) mass is 598 g/mol. The Bertz CT molecular complexity index is 1980. The second-order valence-electron chi connectivity index (χ2n) is 9.72. The maximum absolute atomic E-state index is 14.2. The van der Waals surface area contributed by atoms with Crippen LogP contribution in [0.4, 0.5) is 11.4 Å². The molecule has 0 fully saturated rings. The van der Waals surface area contributed by atoms with Gasteiger partial charge >= 0.3 is 5.97 Å². The number of ether oxygens (including phenoxy) is 1. The Morgan fingerprint density at radius 2 is 1.63 bits per heavy atom. The highest BCUT2D eigenvalue weighted by Gasteiger charge is 2.34. The van der Waals surface area contributed by atoms with Gasteiger partial charge in [0.15, 0.2) is 0 Å². The fraction of sp³-hybridized carbons (Fsp3) is 0.125. The summed E-state index contributed by atoms with van der Waals surface area (Å²) in [4.78, 5) is 37.6. The van der Waals surface area contributed by atoms with Crippen molar-refractivity contribution < 1.29 is 32.1 Å². The van der Waals surface area contributed by atoms with Crippen molar-refractivity contribution in [3.63, 3.8) is 0 Å². The highest BCUT2D eigenvalue weighted by atomic mass is 32.2. The van der Waals surface area contributed by atoms with Crippen LogP contribution in [0.5, 0.6) is 0 Å². The summed E-state index contributed by atoms with van der Waals surface area (Å²) in [6, 6.07) is 22.8. The summed E-state index contributed by atoms with van der Waals surface area (Å²) in [6.07, 6.45) is 0. The molecule has 43 heavy (non-hydrogen) atoms. The van der Waals surface area contributed by atoms with Crippen LogP contribution in [0.3, 0.4) is 0 Å². The van der Waals surface area contributed by atoms with Crippen LogP contribution in [-0.2, 0) is 14.8 Å². The number of furan rings is 1. The summed E-state index contributed by atoms with van der Waals surface area (Å²) >= 11 is 0. The number of nitro benzene ring substituents is 1. The third kappa shape index (κ3) is 5.50. The van der Waals surface area contributed by atoms with Crippen LogP contribution in [0.15, 0.2) is 100 Å². The number of hydrogen-bond acceptors (Lipinski definition) is 8. The minimum absolute atomic E-state index is 0.0657. The Kier molecular flexibility index (Phi) is 7.83. The van der Waals surface area contributed by atoms with E-state index in [1.54, 1.807) is 43.3 Å². The summed E-state index contributed by atoms with van der Waals surface area (Å²) in [5.41, 5.74) is 1.58. The minimum Gasteiger partial charge on any atom is -0.462 e. The lowest BCUT2D eigenvalue weighted by Gasteiger charge is -2.23. The molecule has 10 nitrogen and oxygen atoms in total. The number of nitrogens with zero attached hydrogens (tertiary/aromatic N) is 2. The van der Waals surface area contributed by atoms with Gasteiger partial charge in [-0.3, -0.25) is 14.9 Å². The lowest BCUT2D eigenvalue weighted by molar-refractivity contribution is -0.385. The summed E-state index contributed by atoms with van der Waals surface area (Å²) < 4.78 is 40.2. The maximum atomic E-state index is 14.2. The summed E-state index contributed by atoms with van der Waals surface area (Å²) in [6.45, 7) is 5.04. The van der Waals surface area contributed by atoms with Crippen LogP contribution < -0.4 is 4.31 Å². The zero-order chi connectivity index (χ0) is 30.9. The van der Waals surface area contributed by atoms with E-state index in [0.29, 0.717) is 9.87 Å². The number of esters is 1. The number of hydrogen-bond donors (Lipinski definition) is 0. The number of aryl methyl sites for hydroxylation is 2. The fourth-order valence-electron chi connectivity index (χ4n) is 4.64. The first-order valence-corrected chi connectivity index (χ1v) is 14.7. The zero-order valence-electron chi connectivity index (χ0n) is 23.4. The molecule has 5 aromatic rings. The molecule has 218 valence electrons. The molecule has 0 unspecified atom stereocenters. The Balaban J connectivity index is 1.76. The van der Waals surface area contributed by atoms with Crippen LogP contribution in [0.2, 0.25) is 0 Å². The molecule has 0 saturated heterocycles. The van der Waals surface area contributed by atoms with E-state index in [2.05, 4.69) is 0 Å². The molecule has 11 heteroatoms. The van der Waals surface area contributed by atoms with E-state index in [4.69, 9.17) is 9.15 Å². The molecule has 4 aromatic carbocycles. The number of anilines is 1. The number of sulfonamides is 1. The number of carbonyl (C=O) groups excluding carboxylic acids is 2. The molecule has 5 rings (SSSR count). The third-order valence-corrected chi connectivity index (χ3v) is 8.53. The topological polar surface area (TPSA) is 137 Å². The first-order valence-electron chi connectivity index (χ1n) is 13.2. The van der Waals surface area contributed by atoms with Crippen molar-refractivity contribution in [3.05, 3.63) is 123 Å². The molecule has 0 bridgehead atoms. The van der Waals surface area contributed by atoms with Gasteiger partial charge in [-0.1, -0.05) is 54.1 Å². The molecule has 0 atom stereocenters. The molecule has 1 amide bonds. The molecule has 1 heterocycles. The van der Waals surface area contributed by atoms with Crippen molar-refractivity contribution in [1.29, 1.82) is 0 Å². The number of nitro groups is 1. The molecule has 0 aliphatic carbocycles. The van der Waals surface area contributed by atoms with Crippen LogP contribution in [-0.4, -0.2) is 31.8 Å². The number of carbonyl (C=O) groups is 2. The van der Waals surface area contributed by atoms with E-state index < -0.39 is 37.4 Å². The van der Waals surface area contributed by atoms with Crippen molar-refractivity contribution >= 4 is 44.2 Å². The SMILES string of the molecule is CCOC(=O)c1c(-c2ccccc2)oc2ccc(N(C(=O)c3ccc(C)cc3)S(=O)(=O)c3ccc(C)c([N+](=O)[O-])c3)cc12. The van der Waals surface area contributed by atoms with Crippen LogP contribution in [0.1, 0.15) is 38.8 Å². The molecule has 0 radical (unpaired) electrons. The third-order valence-electron chi connectivity index (χ3n) is 6.82. The van der Waals surface area contributed by atoms with Crippen molar-refractivity contribution in [2.24, 2.45) is 0 Å². The van der Waals surface area contributed by atoms with Gasteiger partial charge in [-0.2, -0.15) is 4.31 Å². The average molecular weight is 599 g/mol. The van der Waals surface area contributed by atoms with Crippen molar-refractivity contribution in [2.45, 2.75) is 25.7 Å². The highest BCUT2D eigenvalue weighted by molar-refractivity contribution is 7.93. The van der Waals surface area contributed by atoms with Crippen LogP contribution in [0, 0.1) is 24.0 Å². The number of benzene rings is 4. The first kappa shape index (κ1) is 29.2. The minimum atomic E-state index is -4.71. The molecule has 1 aromatic heterocycles. The van der Waals surface area contributed by atoms with Gasteiger partial charge in [0.25, 0.3) is 21.6 Å². The lowest BCUT2D eigenvalue weighted by atomic mass is 10.0. The van der Waals surface area contributed by atoms with Gasteiger partial charge in [-0.05, 0) is 57.2 Å². The van der Waals surface area contributed by atoms with Gasteiger partial charge < -0.3 is 9.15 Å². The molecule has 0 saturated carbocycles. The number of fused-ring (bicyclic) bond motifs is 1. The normalized spacial score (nSPS) is 11.3. The van der Waals surface area contributed by atoms with E-state index in [-0.39, 0.29) is 45.7 Å². The smallest absolute Gasteiger partial charge is 0.342 e. The van der Waals surface area contributed by atoms with Gasteiger partial charge in [-0.15, -0.1) is 0 Å².